The van der Waals surface area contributed by atoms with Crippen LogP contribution in [0, 0.1) is 11.3 Å². The largest absolute Gasteiger partial charge is 0.495 e. The van der Waals surface area contributed by atoms with E-state index < -0.39 is 11.5 Å². The van der Waals surface area contributed by atoms with Crippen LogP contribution < -0.4 is 20.3 Å². The van der Waals surface area contributed by atoms with Gasteiger partial charge < -0.3 is 19.8 Å². The fourth-order valence-electron chi connectivity index (χ4n) is 2.74. The highest BCUT2D eigenvalue weighted by Crippen LogP contribution is 2.33. The van der Waals surface area contributed by atoms with Crippen LogP contribution in [-0.4, -0.2) is 35.8 Å². The molecular formula is C21H17BrN4O4S. The van der Waals surface area contributed by atoms with Crippen LogP contribution in [0.15, 0.2) is 56.9 Å². The van der Waals surface area contributed by atoms with Gasteiger partial charge in [-0.05, 0) is 36.6 Å². The van der Waals surface area contributed by atoms with E-state index in [1.165, 1.54) is 18.9 Å². The summed E-state index contributed by atoms with van der Waals surface area (Å²) in [6.45, 7) is -0.298. The number of para-hydroxylation sites is 2. The molecule has 3 rings (SSSR count). The normalized spacial score (nSPS) is 10.3. The highest BCUT2D eigenvalue weighted by Gasteiger charge is 2.18. The van der Waals surface area contributed by atoms with Crippen LogP contribution in [-0.2, 0) is 4.79 Å². The van der Waals surface area contributed by atoms with E-state index in [0.717, 1.165) is 0 Å². The summed E-state index contributed by atoms with van der Waals surface area (Å²) in [5.41, 5.74) is 0.424. The molecule has 0 unspecified atom stereocenters. The van der Waals surface area contributed by atoms with Gasteiger partial charge in [-0.2, -0.15) is 5.26 Å². The molecule has 1 aromatic heterocycles. The summed E-state index contributed by atoms with van der Waals surface area (Å²) < 4.78 is 11.6. The number of amides is 1. The minimum absolute atomic E-state index is 0.140. The first-order chi connectivity index (χ1) is 15.0. The van der Waals surface area contributed by atoms with Crippen LogP contribution in [0.5, 0.6) is 11.5 Å². The number of H-pyrrole nitrogens is 1. The Balaban J connectivity index is 1.90. The van der Waals surface area contributed by atoms with Gasteiger partial charge in [-0.15, -0.1) is 0 Å². The molecule has 8 nitrogen and oxygen atoms in total. The molecule has 3 aromatic rings. The average Bonchev–Trinajstić information content (AvgIpc) is 2.78. The number of carbonyl (C=O) groups is 1. The Labute approximate surface area is 190 Å². The van der Waals surface area contributed by atoms with Crippen LogP contribution in [0.1, 0.15) is 5.56 Å². The van der Waals surface area contributed by atoms with Crippen molar-refractivity contribution in [3.63, 3.8) is 0 Å². The fourth-order valence-corrected chi connectivity index (χ4v) is 3.48. The van der Waals surface area contributed by atoms with E-state index in [1.54, 1.807) is 48.7 Å². The van der Waals surface area contributed by atoms with Gasteiger partial charge in [-0.25, -0.2) is 4.98 Å². The lowest BCUT2D eigenvalue weighted by atomic mass is 10.1. The Hall–Kier alpha value is -3.29. The van der Waals surface area contributed by atoms with Crippen LogP contribution in [0.3, 0.4) is 0 Å². The molecule has 0 spiro atoms. The molecular weight excluding hydrogens is 484 g/mol. The van der Waals surface area contributed by atoms with Gasteiger partial charge in [-0.1, -0.05) is 39.8 Å². The summed E-state index contributed by atoms with van der Waals surface area (Å²) in [4.78, 5) is 31.6. The first kappa shape index (κ1) is 22.4. The topological polar surface area (TPSA) is 117 Å². The summed E-state index contributed by atoms with van der Waals surface area (Å²) >= 11 is 4.62. The maximum Gasteiger partial charge on any atom is 0.270 e. The van der Waals surface area contributed by atoms with E-state index in [4.69, 9.17) is 9.47 Å². The summed E-state index contributed by atoms with van der Waals surface area (Å²) in [5.74, 6) is 0.429. The molecule has 2 aromatic carbocycles. The number of methoxy groups -OCH3 is 1. The van der Waals surface area contributed by atoms with Gasteiger partial charge >= 0.3 is 0 Å². The second-order valence-electron chi connectivity index (χ2n) is 6.09. The maximum atomic E-state index is 12.4. The molecule has 0 atom stereocenters. The molecule has 1 heterocycles. The quantitative estimate of drug-likeness (QED) is 0.374. The molecule has 0 radical (unpaired) electrons. The minimum atomic E-state index is -0.545. The summed E-state index contributed by atoms with van der Waals surface area (Å²) in [6.07, 6.45) is 1.76. The fraction of sp³-hybridized carbons (Fsp3) is 0.143. The van der Waals surface area contributed by atoms with E-state index in [1.807, 2.05) is 6.07 Å². The van der Waals surface area contributed by atoms with Crippen molar-refractivity contribution in [3.8, 4) is 28.8 Å². The van der Waals surface area contributed by atoms with Gasteiger partial charge in [-0.3, -0.25) is 9.59 Å². The van der Waals surface area contributed by atoms with Gasteiger partial charge in [0.15, 0.2) is 11.8 Å². The maximum absolute atomic E-state index is 12.4. The van der Waals surface area contributed by atoms with Crippen molar-refractivity contribution in [2.75, 3.05) is 25.3 Å². The third kappa shape index (κ3) is 5.25. The predicted molar refractivity (Wildman–Crippen MR) is 122 cm³/mol. The van der Waals surface area contributed by atoms with Gasteiger partial charge in [0, 0.05) is 10.0 Å². The first-order valence-corrected chi connectivity index (χ1v) is 10.9. The van der Waals surface area contributed by atoms with Gasteiger partial charge in [0.1, 0.15) is 28.8 Å². The molecule has 1 amide bonds. The molecule has 158 valence electrons. The zero-order chi connectivity index (χ0) is 22.4. The zero-order valence-electron chi connectivity index (χ0n) is 16.6. The van der Waals surface area contributed by atoms with Crippen molar-refractivity contribution >= 4 is 39.3 Å². The monoisotopic (exact) mass is 500 g/mol. The van der Waals surface area contributed by atoms with Crippen LogP contribution in [0.2, 0.25) is 0 Å². The lowest BCUT2D eigenvalue weighted by Crippen LogP contribution is -2.21. The van der Waals surface area contributed by atoms with Crippen molar-refractivity contribution in [2.45, 2.75) is 5.16 Å². The lowest BCUT2D eigenvalue weighted by Gasteiger charge is -2.14. The number of nitrogens with one attached hydrogen (secondary N) is 2. The molecule has 0 fully saturated rings. The number of hydrogen-bond donors (Lipinski definition) is 2. The predicted octanol–water partition coefficient (Wildman–Crippen LogP) is 3.82. The molecule has 0 aliphatic carbocycles. The SMILES string of the molecule is COc1ccccc1NC(=O)COc1ccc(Br)cc1-c1nc(SC)[nH]c(=O)c1C#N. The number of nitriles is 1. The third-order valence-corrected chi connectivity index (χ3v) is 5.21. The number of hydrogen-bond acceptors (Lipinski definition) is 7. The van der Waals surface area contributed by atoms with Crippen molar-refractivity contribution in [2.24, 2.45) is 0 Å². The Morgan fingerprint density at radius 1 is 1.29 bits per heavy atom. The van der Waals surface area contributed by atoms with Gasteiger partial charge in [0.25, 0.3) is 11.5 Å². The Bertz CT molecular complexity index is 1220. The second-order valence-corrected chi connectivity index (χ2v) is 7.80. The molecule has 0 saturated heterocycles. The van der Waals surface area contributed by atoms with Gasteiger partial charge in [0.05, 0.1) is 12.8 Å². The number of benzene rings is 2. The van der Waals surface area contributed by atoms with E-state index in [9.17, 15) is 14.9 Å². The Kier molecular flexibility index (Phi) is 7.33. The average molecular weight is 501 g/mol. The number of aromatic nitrogens is 2. The number of halogens is 1. The lowest BCUT2D eigenvalue weighted by molar-refractivity contribution is -0.118. The van der Waals surface area contributed by atoms with Gasteiger partial charge in [0.2, 0.25) is 0 Å². The molecule has 2 N–H and O–H groups in total. The summed E-state index contributed by atoms with van der Waals surface area (Å²) in [5, 5.41) is 12.6. The molecule has 0 aliphatic heterocycles. The number of aromatic amines is 1. The zero-order valence-corrected chi connectivity index (χ0v) is 19.0. The number of rotatable bonds is 7. The highest BCUT2D eigenvalue weighted by molar-refractivity contribution is 9.10. The Morgan fingerprint density at radius 2 is 2.06 bits per heavy atom. The third-order valence-electron chi connectivity index (χ3n) is 4.14. The van der Waals surface area contributed by atoms with Crippen molar-refractivity contribution in [1.82, 2.24) is 9.97 Å². The van der Waals surface area contributed by atoms with Crippen molar-refractivity contribution < 1.29 is 14.3 Å². The first-order valence-electron chi connectivity index (χ1n) is 8.90. The molecule has 0 aliphatic rings. The van der Waals surface area contributed by atoms with E-state index >= 15 is 0 Å². The van der Waals surface area contributed by atoms with Crippen LogP contribution in [0.25, 0.3) is 11.3 Å². The number of ether oxygens (including phenoxy) is 2. The molecule has 0 bridgehead atoms. The summed E-state index contributed by atoms with van der Waals surface area (Å²) in [7, 11) is 1.51. The molecule has 10 heteroatoms. The number of nitrogens with zero attached hydrogens (tertiary/aromatic N) is 2. The van der Waals surface area contributed by atoms with Crippen molar-refractivity contribution in [3.05, 3.63) is 62.9 Å². The van der Waals surface area contributed by atoms with E-state index in [-0.39, 0.29) is 17.9 Å². The molecule has 0 saturated carbocycles. The number of anilines is 1. The molecule has 31 heavy (non-hydrogen) atoms. The smallest absolute Gasteiger partial charge is 0.270 e. The van der Waals surface area contributed by atoms with Crippen LogP contribution >= 0.6 is 27.7 Å². The van der Waals surface area contributed by atoms with Crippen LogP contribution in [0.4, 0.5) is 5.69 Å². The van der Waals surface area contributed by atoms with E-state index in [0.29, 0.717) is 32.4 Å². The highest BCUT2D eigenvalue weighted by atomic mass is 79.9. The standard InChI is InChI=1S/C21H17BrN4O4S/c1-29-17-6-4-3-5-15(17)24-18(27)11-30-16-8-7-12(22)9-13(16)19-14(10-23)20(28)26-21(25-19)31-2/h3-9H,11H2,1-2H3,(H,24,27)(H,25,26,28). The number of thioether (sulfide) groups is 1. The summed E-state index contributed by atoms with van der Waals surface area (Å²) in [6, 6.07) is 14.0. The second kappa shape index (κ2) is 10.1. The van der Waals surface area contributed by atoms with E-state index in [2.05, 4.69) is 31.2 Å². The minimum Gasteiger partial charge on any atom is -0.495 e. The Morgan fingerprint density at radius 3 is 2.77 bits per heavy atom. The number of carbonyl (C=O) groups excluding carboxylic acids is 1. The van der Waals surface area contributed by atoms with Crippen molar-refractivity contribution in [1.29, 1.82) is 5.26 Å².